The van der Waals surface area contributed by atoms with Crippen LogP contribution in [0.5, 0.6) is 5.88 Å². The van der Waals surface area contributed by atoms with Crippen molar-refractivity contribution in [1.82, 2.24) is 9.97 Å². The molecule has 0 bridgehead atoms. The number of aromatic nitrogens is 2. The van der Waals surface area contributed by atoms with Crippen molar-refractivity contribution in [2.45, 2.75) is 26.2 Å². The van der Waals surface area contributed by atoms with Gasteiger partial charge in [-0.25, -0.2) is 4.98 Å². The van der Waals surface area contributed by atoms with Crippen LogP contribution in [0.1, 0.15) is 31.2 Å². The van der Waals surface area contributed by atoms with E-state index in [-0.39, 0.29) is 17.4 Å². The van der Waals surface area contributed by atoms with E-state index in [0.29, 0.717) is 24.4 Å². The zero-order valence-corrected chi connectivity index (χ0v) is 8.37. The maximum Gasteiger partial charge on any atom is 0.258 e. The van der Waals surface area contributed by atoms with Gasteiger partial charge in [-0.1, -0.05) is 13.8 Å². The van der Waals surface area contributed by atoms with Crippen LogP contribution in [-0.4, -0.2) is 21.6 Å². The molecule has 0 aromatic carbocycles. The van der Waals surface area contributed by atoms with Crippen LogP contribution in [0.4, 0.5) is 0 Å². The highest BCUT2D eigenvalue weighted by Gasteiger charge is 2.13. The van der Waals surface area contributed by atoms with Crippen molar-refractivity contribution in [3.05, 3.63) is 21.7 Å². The van der Waals surface area contributed by atoms with Gasteiger partial charge in [0.05, 0.1) is 5.56 Å². The number of rotatable bonds is 3. The Balaban J connectivity index is 3.19. The molecule has 14 heavy (non-hydrogen) atoms. The monoisotopic (exact) mass is 197 g/mol. The molecule has 0 unspecified atom stereocenters. The minimum atomic E-state index is -0.282. The number of nitrogens with two attached hydrogens (primary N) is 1. The molecule has 0 amide bonds. The quantitative estimate of drug-likeness (QED) is 0.640. The molecule has 0 aliphatic rings. The molecular formula is C9H15N3O2. The lowest BCUT2D eigenvalue weighted by atomic mass is 10.1. The van der Waals surface area contributed by atoms with Gasteiger partial charge in [-0.3, -0.25) is 4.79 Å². The van der Waals surface area contributed by atoms with E-state index >= 15 is 0 Å². The fourth-order valence-corrected chi connectivity index (χ4v) is 1.29. The summed E-state index contributed by atoms with van der Waals surface area (Å²) in [7, 11) is 0. The van der Waals surface area contributed by atoms with E-state index in [4.69, 9.17) is 5.73 Å². The topological polar surface area (TPSA) is 92.0 Å². The first-order valence-electron chi connectivity index (χ1n) is 4.58. The summed E-state index contributed by atoms with van der Waals surface area (Å²) < 4.78 is 0. The van der Waals surface area contributed by atoms with E-state index in [1.807, 2.05) is 13.8 Å². The van der Waals surface area contributed by atoms with Crippen LogP contribution >= 0.6 is 0 Å². The smallest absolute Gasteiger partial charge is 0.258 e. The first-order valence-corrected chi connectivity index (χ1v) is 4.58. The van der Waals surface area contributed by atoms with Gasteiger partial charge < -0.3 is 15.8 Å². The van der Waals surface area contributed by atoms with Crippen LogP contribution in [0.25, 0.3) is 0 Å². The summed E-state index contributed by atoms with van der Waals surface area (Å²) in [4.78, 5) is 17.9. The first kappa shape index (κ1) is 10.7. The fraction of sp³-hybridized carbons (Fsp3) is 0.556. The van der Waals surface area contributed by atoms with Crippen LogP contribution < -0.4 is 11.3 Å². The molecule has 0 saturated carbocycles. The van der Waals surface area contributed by atoms with Crippen molar-refractivity contribution in [2.75, 3.05) is 6.54 Å². The molecule has 78 valence electrons. The van der Waals surface area contributed by atoms with E-state index in [9.17, 15) is 9.90 Å². The van der Waals surface area contributed by atoms with Crippen LogP contribution in [0.15, 0.2) is 4.79 Å². The van der Waals surface area contributed by atoms with Crippen molar-refractivity contribution in [2.24, 2.45) is 5.73 Å². The van der Waals surface area contributed by atoms with Crippen molar-refractivity contribution < 1.29 is 5.11 Å². The lowest BCUT2D eigenvalue weighted by molar-refractivity contribution is 0.436. The number of H-pyrrole nitrogens is 1. The van der Waals surface area contributed by atoms with E-state index in [1.54, 1.807) is 0 Å². The molecule has 0 saturated heterocycles. The summed E-state index contributed by atoms with van der Waals surface area (Å²) >= 11 is 0. The third-order valence-corrected chi connectivity index (χ3v) is 1.94. The second kappa shape index (κ2) is 4.23. The van der Waals surface area contributed by atoms with Crippen molar-refractivity contribution in [3.8, 4) is 5.88 Å². The standard InChI is InChI=1S/C9H15N3O2/c1-5(2)7-8(13)11-6(3-4-10)12-9(7)14/h5H,3-4,10H2,1-2H3,(H2,11,12,13,14). The Morgan fingerprint density at radius 2 is 2.21 bits per heavy atom. The van der Waals surface area contributed by atoms with Gasteiger partial charge >= 0.3 is 0 Å². The number of hydrogen-bond acceptors (Lipinski definition) is 4. The largest absolute Gasteiger partial charge is 0.493 e. The number of aromatic hydroxyl groups is 1. The number of aromatic amines is 1. The molecule has 5 heteroatoms. The van der Waals surface area contributed by atoms with E-state index < -0.39 is 0 Å². The molecule has 0 aliphatic heterocycles. The maximum absolute atomic E-state index is 11.5. The van der Waals surface area contributed by atoms with Crippen LogP contribution in [0, 0.1) is 0 Å². The van der Waals surface area contributed by atoms with Crippen molar-refractivity contribution in [3.63, 3.8) is 0 Å². The molecule has 1 rings (SSSR count). The summed E-state index contributed by atoms with van der Waals surface area (Å²) in [5, 5.41) is 9.50. The minimum absolute atomic E-state index is 0.0434. The SMILES string of the molecule is CC(C)c1c(O)nc(CCN)[nH]c1=O. The third-order valence-electron chi connectivity index (χ3n) is 1.94. The minimum Gasteiger partial charge on any atom is -0.493 e. The average Bonchev–Trinajstić information content (AvgIpc) is 2.01. The molecule has 5 nitrogen and oxygen atoms in total. The van der Waals surface area contributed by atoms with Gasteiger partial charge in [0.15, 0.2) is 0 Å². The van der Waals surface area contributed by atoms with E-state index in [1.165, 1.54) is 0 Å². The lowest BCUT2D eigenvalue weighted by Gasteiger charge is -2.07. The second-order valence-corrected chi connectivity index (χ2v) is 3.44. The Hall–Kier alpha value is -1.36. The highest BCUT2D eigenvalue weighted by Crippen LogP contribution is 2.18. The van der Waals surface area contributed by atoms with E-state index in [0.717, 1.165) is 0 Å². The highest BCUT2D eigenvalue weighted by molar-refractivity contribution is 5.25. The fourth-order valence-electron chi connectivity index (χ4n) is 1.29. The Bertz CT molecular complexity index is 371. The number of nitrogens with one attached hydrogen (secondary N) is 1. The normalized spacial score (nSPS) is 10.9. The third kappa shape index (κ3) is 2.11. The molecule has 1 aromatic rings. The van der Waals surface area contributed by atoms with Gasteiger partial charge in [-0.15, -0.1) is 0 Å². The zero-order chi connectivity index (χ0) is 10.7. The Kier molecular flexibility index (Phi) is 3.24. The molecule has 0 aliphatic carbocycles. The molecule has 0 fully saturated rings. The zero-order valence-electron chi connectivity index (χ0n) is 8.37. The highest BCUT2D eigenvalue weighted by atomic mass is 16.3. The molecular weight excluding hydrogens is 182 g/mol. The molecule has 0 radical (unpaired) electrons. The summed E-state index contributed by atoms with van der Waals surface area (Å²) in [5.41, 5.74) is 5.36. The summed E-state index contributed by atoms with van der Waals surface area (Å²) in [5.74, 6) is 0.199. The van der Waals surface area contributed by atoms with Crippen LogP contribution in [0.2, 0.25) is 0 Å². The van der Waals surface area contributed by atoms with Crippen LogP contribution in [-0.2, 0) is 6.42 Å². The van der Waals surface area contributed by atoms with Gasteiger partial charge in [0.25, 0.3) is 5.56 Å². The second-order valence-electron chi connectivity index (χ2n) is 3.44. The molecule has 1 aromatic heterocycles. The summed E-state index contributed by atoms with van der Waals surface area (Å²) in [6, 6.07) is 0. The summed E-state index contributed by atoms with van der Waals surface area (Å²) in [6.45, 7) is 4.05. The van der Waals surface area contributed by atoms with E-state index in [2.05, 4.69) is 9.97 Å². The van der Waals surface area contributed by atoms with Crippen LogP contribution in [0.3, 0.4) is 0 Å². The molecule has 1 heterocycles. The Labute approximate surface area is 82.0 Å². The molecule has 0 spiro atoms. The van der Waals surface area contributed by atoms with Gasteiger partial charge in [-0.2, -0.15) is 0 Å². The maximum atomic E-state index is 11.5. The molecule has 4 N–H and O–H groups in total. The van der Waals surface area contributed by atoms with Gasteiger partial charge in [-0.05, 0) is 12.5 Å². The average molecular weight is 197 g/mol. The predicted molar refractivity (Wildman–Crippen MR) is 53.4 cm³/mol. The summed E-state index contributed by atoms with van der Waals surface area (Å²) in [6.07, 6.45) is 0.459. The Morgan fingerprint density at radius 1 is 1.57 bits per heavy atom. The number of nitrogens with zero attached hydrogens (tertiary/aromatic N) is 1. The lowest BCUT2D eigenvalue weighted by Crippen LogP contribution is -2.19. The van der Waals surface area contributed by atoms with Gasteiger partial charge in [0.1, 0.15) is 5.82 Å². The predicted octanol–water partition coefficient (Wildman–Crippen LogP) is 0.100. The Morgan fingerprint density at radius 3 is 2.64 bits per heavy atom. The van der Waals surface area contributed by atoms with Crippen molar-refractivity contribution in [1.29, 1.82) is 0 Å². The molecule has 0 atom stereocenters. The van der Waals surface area contributed by atoms with Gasteiger partial charge in [0.2, 0.25) is 5.88 Å². The first-order chi connectivity index (χ1) is 6.56. The van der Waals surface area contributed by atoms with Gasteiger partial charge in [0, 0.05) is 6.42 Å². The van der Waals surface area contributed by atoms with Crippen molar-refractivity contribution >= 4 is 0 Å². The number of hydrogen-bond donors (Lipinski definition) is 3.